The second-order valence-corrected chi connectivity index (χ2v) is 8.62. The quantitative estimate of drug-likeness (QED) is 0.488. The van der Waals surface area contributed by atoms with E-state index in [0.717, 1.165) is 6.07 Å². The van der Waals surface area contributed by atoms with Crippen LogP contribution in [0, 0.1) is 0 Å². The lowest BCUT2D eigenvalue weighted by Crippen LogP contribution is -2.25. The van der Waals surface area contributed by atoms with E-state index in [9.17, 15) is 21.6 Å². The van der Waals surface area contributed by atoms with Gasteiger partial charge in [0.25, 0.3) is 10.0 Å². The van der Waals surface area contributed by atoms with Crippen molar-refractivity contribution in [1.29, 1.82) is 0 Å². The highest BCUT2D eigenvalue weighted by molar-refractivity contribution is 7.92. The zero-order chi connectivity index (χ0) is 21.7. The summed E-state index contributed by atoms with van der Waals surface area (Å²) in [5.41, 5.74) is -0.364. The highest BCUT2D eigenvalue weighted by Gasteiger charge is 2.36. The van der Waals surface area contributed by atoms with Crippen molar-refractivity contribution in [2.45, 2.75) is 11.1 Å². The first-order valence-electron chi connectivity index (χ1n) is 8.56. The van der Waals surface area contributed by atoms with Crippen LogP contribution in [0.25, 0.3) is 22.2 Å². The smallest absolute Gasteiger partial charge is 0.349 e. The summed E-state index contributed by atoms with van der Waals surface area (Å²) >= 11 is 6.33. The molecular weight excluding hydrogens is 441 g/mol. The third-order valence-electron chi connectivity index (χ3n) is 4.48. The van der Waals surface area contributed by atoms with Crippen molar-refractivity contribution < 1.29 is 21.6 Å². The summed E-state index contributed by atoms with van der Waals surface area (Å²) in [6.07, 6.45) is -3.00. The lowest BCUT2D eigenvalue weighted by molar-refractivity contribution is -0.141. The molecule has 0 unspecified atom stereocenters. The molecule has 30 heavy (non-hydrogen) atoms. The maximum Gasteiger partial charge on any atom is 0.435 e. The predicted octanol–water partition coefficient (Wildman–Crippen LogP) is 4.65. The first kappa shape index (κ1) is 20.3. The molecule has 2 aromatic heterocycles. The van der Waals surface area contributed by atoms with Gasteiger partial charge in [-0.1, -0.05) is 29.8 Å². The molecule has 0 spiro atoms. The van der Waals surface area contributed by atoms with Gasteiger partial charge in [-0.3, -0.25) is 0 Å². The van der Waals surface area contributed by atoms with Gasteiger partial charge in [-0.2, -0.15) is 31.2 Å². The van der Waals surface area contributed by atoms with Crippen LogP contribution >= 0.6 is 11.6 Å². The number of alkyl halides is 3. The molecule has 0 fully saturated rings. The Hall–Kier alpha value is -2.98. The lowest BCUT2D eigenvalue weighted by atomic mass is 10.1. The van der Waals surface area contributed by atoms with Gasteiger partial charge in [-0.15, -0.1) is 5.10 Å². The van der Waals surface area contributed by atoms with Gasteiger partial charge < -0.3 is 4.57 Å². The first-order valence-corrected chi connectivity index (χ1v) is 10.4. The Morgan fingerprint density at radius 2 is 1.77 bits per heavy atom. The molecule has 156 valence electrons. The summed E-state index contributed by atoms with van der Waals surface area (Å²) in [5, 5.41) is 4.43. The standard InChI is InChI=1S/C19H14ClF3N4O2S/c1-26-8-7-12-9-13(10-15(20)18(12)26)16-11-17(19(21,22)23)24-27(16)25-30(28,29)14-5-3-2-4-6-14/h2-11,25H,1H3. The second kappa shape index (κ2) is 7.06. The van der Waals surface area contributed by atoms with E-state index >= 15 is 0 Å². The second-order valence-electron chi connectivity index (χ2n) is 6.55. The van der Waals surface area contributed by atoms with Crippen molar-refractivity contribution in [2.75, 3.05) is 4.83 Å². The SMILES string of the molecule is Cn1ccc2cc(-c3cc(C(F)(F)F)nn3NS(=O)(=O)c3ccccc3)cc(Cl)c21. The van der Waals surface area contributed by atoms with E-state index in [1.807, 2.05) is 0 Å². The van der Waals surface area contributed by atoms with Crippen molar-refractivity contribution in [3.8, 4) is 11.3 Å². The Bertz CT molecular complexity index is 1350. The number of sulfonamides is 1. The fraction of sp³-hybridized carbons (Fsp3) is 0.105. The number of fused-ring (bicyclic) bond motifs is 1. The molecule has 1 N–H and O–H groups in total. The molecule has 0 amide bonds. The summed E-state index contributed by atoms with van der Waals surface area (Å²) in [7, 11) is -2.39. The summed E-state index contributed by atoms with van der Waals surface area (Å²) in [4.78, 5) is 2.58. The van der Waals surface area contributed by atoms with E-state index in [1.54, 1.807) is 36.0 Å². The monoisotopic (exact) mass is 454 g/mol. The Balaban J connectivity index is 1.87. The average molecular weight is 455 g/mol. The molecule has 4 aromatic rings. The summed E-state index contributed by atoms with van der Waals surface area (Å²) in [6.45, 7) is 0. The van der Waals surface area contributed by atoms with E-state index in [2.05, 4.69) is 9.93 Å². The van der Waals surface area contributed by atoms with Crippen molar-refractivity contribution >= 4 is 32.5 Å². The molecule has 2 heterocycles. The molecule has 6 nitrogen and oxygen atoms in total. The van der Waals surface area contributed by atoms with Gasteiger partial charge in [0.05, 0.1) is 21.1 Å². The highest BCUT2D eigenvalue weighted by atomic mass is 35.5. The molecule has 0 atom stereocenters. The molecular formula is C19H14ClF3N4O2S. The van der Waals surface area contributed by atoms with Gasteiger partial charge in [0.2, 0.25) is 0 Å². The molecule has 0 radical (unpaired) electrons. The molecule has 0 aliphatic carbocycles. The molecule has 11 heteroatoms. The van der Waals surface area contributed by atoms with Gasteiger partial charge in [-0.05, 0) is 36.4 Å². The minimum atomic E-state index is -4.77. The first-order chi connectivity index (χ1) is 14.1. The normalized spacial score (nSPS) is 12.4. The minimum absolute atomic E-state index is 0.102. The fourth-order valence-electron chi connectivity index (χ4n) is 3.10. The average Bonchev–Trinajstić information content (AvgIpc) is 3.26. The topological polar surface area (TPSA) is 68.9 Å². The van der Waals surface area contributed by atoms with Crippen molar-refractivity contribution in [3.05, 3.63) is 71.5 Å². The minimum Gasteiger partial charge on any atom is -0.349 e. The number of hydrogen-bond donors (Lipinski definition) is 1. The number of nitrogens with one attached hydrogen (secondary N) is 1. The number of aromatic nitrogens is 3. The van der Waals surface area contributed by atoms with E-state index in [0.29, 0.717) is 20.7 Å². The van der Waals surface area contributed by atoms with Crippen LogP contribution in [0.3, 0.4) is 0 Å². The van der Waals surface area contributed by atoms with Crippen LogP contribution in [0.5, 0.6) is 0 Å². The third-order valence-corrected chi connectivity index (χ3v) is 6.07. The van der Waals surface area contributed by atoms with Crippen molar-refractivity contribution in [1.82, 2.24) is 14.5 Å². The Labute approximate surface area is 174 Å². The largest absolute Gasteiger partial charge is 0.435 e. The predicted molar refractivity (Wildman–Crippen MR) is 107 cm³/mol. The fourth-order valence-corrected chi connectivity index (χ4v) is 4.44. The number of benzene rings is 2. The third kappa shape index (κ3) is 3.63. The van der Waals surface area contributed by atoms with Gasteiger partial charge in [0, 0.05) is 24.2 Å². The molecule has 0 saturated heterocycles. The van der Waals surface area contributed by atoms with Gasteiger partial charge in [0.15, 0.2) is 5.69 Å². The van der Waals surface area contributed by atoms with Crippen molar-refractivity contribution in [2.24, 2.45) is 7.05 Å². The van der Waals surface area contributed by atoms with Crippen LogP contribution in [-0.2, 0) is 23.2 Å². The van der Waals surface area contributed by atoms with Gasteiger partial charge in [0.1, 0.15) is 0 Å². The Morgan fingerprint density at radius 1 is 1.07 bits per heavy atom. The number of hydrogen-bond acceptors (Lipinski definition) is 3. The number of halogens is 4. The number of aryl methyl sites for hydroxylation is 1. The van der Waals surface area contributed by atoms with E-state index in [4.69, 9.17) is 11.6 Å². The van der Waals surface area contributed by atoms with Crippen LogP contribution in [0.15, 0.2) is 65.7 Å². The van der Waals surface area contributed by atoms with Crippen molar-refractivity contribution in [3.63, 3.8) is 0 Å². The Kier molecular flexibility index (Phi) is 4.78. The van der Waals surface area contributed by atoms with Crippen LogP contribution in [0.4, 0.5) is 13.2 Å². The molecule has 2 aromatic carbocycles. The molecule has 0 saturated carbocycles. The maximum absolute atomic E-state index is 13.3. The summed E-state index contributed by atoms with van der Waals surface area (Å²) < 4.78 is 67.0. The lowest BCUT2D eigenvalue weighted by Gasteiger charge is -2.12. The van der Waals surface area contributed by atoms with Crippen LogP contribution in [0.2, 0.25) is 5.02 Å². The molecule has 0 aliphatic rings. The summed E-state index contributed by atoms with van der Waals surface area (Å²) in [6, 6.07) is 12.9. The molecule has 4 rings (SSSR count). The van der Waals surface area contributed by atoms with Crippen LogP contribution in [0.1, 0.15) is 5.69 Å². The van der Waals surface area contributed by atoms with E-state index in [-0.39, 0.29) is 16.2 Å². The number of rotatable bonds is 4. The zero-order valence-electron chi connectivity index (χ0n) is 15.4. The molecule has 0 aliphatic heterocycles. The zero-order valence-corrected chi connectivity index (χ0v) is 16.9. The van der Waals surface area contributed by atoms with E-state index < -0.39 is 21.9 Å². The summed E-state index contributed by atoms with van der Waals surface area (Å²) in [5.74, 6) is 0. The van der Waals surface area contributed by atoms with Gasteiger partial charge in [-0.25, -0.2) is 0 Å². The van der Waals surface area contributed by atoms with Crippen LogP contribution < -0.4 is 4.83 Å². The van der Waals surface area contributed by atoms with Gasteiger partial charge >= 0.3 is 6.18 Å². The highest BCUT2D eigenvalue weighted by Crippen LogP contribution is 2.35. The van der Waals surface area contributed by atoms with Crippen LogP contribution in [-0.4, -0.2) is 22.9 Å². The number of nitrogens with zero attached hydrogens (tertiary/aromatic N) is 3. The molecule has 0 bridgehead atoms. The Morgan fingerprint density at radius 3 is 2.43 bits per heavy atom. The maximum atomic E-state index is 13.3. The van der Waals surface area contributed by atoms with E-state index in [1.165, 1.54) is 30.3 Å².